The van der Waals surface area contributed by atoms with Crippen molar-refractivity contribution >= 4 is 10.9 Å². The molecule has 192 valence electrons. The SMILES string of the molecule is COc1cc(OC2CN(CCCF)C2)ccc1C1c2ccc3[nH]ncc3c2C[C@@H](C)N1CC1(F)CC1. The number of alkyl halides is 2. The summed E-state index contributed by atoms with van der Waals surface area (Å²) in [6.07, 6.45) is 4.67. The average molecular weight is 497 g/mol. The molecule has 0 amide bonds. The maximum atomic E-state index is 15.1. The second-order valence-corrected chi connectivity index (χ2v) is 10.7. The maximum absolute atomic E-state index is 15.1. The lowest BCUT2D eigenvalue weighted by Gasteiger charge is -2.43. The van der Waals surface area contributed by atoms with Gasteiger partial charge in [0.15, 0.2) is 0 Å². The molecule has 1 N–H and O–H groups in total. The van der Waals surface area contributed by atoms with Crippen molar-refractivity contribution in [3.8, 4) is 11.5 Å². The summed E-state index contributed by atoms with van der Waals surface area (Å²) in [6.45, 7) is 4.72. The highest BCUT2D eigenvalue weighted by atomic mass is 19.1. The fraction of sp³-hybridized carbons (Fsp3) is 0.536. The first-order chi connectivity index (χ1) is 17.5. The van der Waals surface area contributed by atoms with Gasteiger partial charge in [-0.3, -0.25) is 19.3 Å². The van der Waals surface area contributed by atoms with Crippen LogP contribution in [0.5, 0.6) is 11.5 Å². The number of halogens is 2. The number of rotatable bonds is 9. The minimum Gasteiger partial charge on any atom is -0.496 e. The van der Waals surface area contributed by atoms with Gasteiger partial charge in [-0.1, -0.05) is 6.07 Å². The second kappa shape index (κ2) is 9.30. The summed E-state index contributed by atoms with van der Waals surface area (Å²) in [6, 6.07) is 10.3. The number of hydrogen-bond donors (Lipinski definition) is 1. The number of H-pyrrole nitrogens is 1. The van der Waals surface area contributed by atoms with Gasteiger partial charge in [0.25, 0.3) is 0 Å². The summed E-state index contributed by atoms with van der Waals surface area (Å²) < 4.78 is 39.7. The van der Waals surface area contributed by atoms with Crippen molar-refractivity contribution in [2.45, 2.75) is 56.5 Å². The molecular weight excluding hydrogens is 462 g/mol. The molecule has 3 heterocycles. The Labute approximate surface area is 210 Å². The summed E-state index contributed by atoms with van der Waals surface area (Å²) >= 11 is 0. The number of likely N-dealkylation sites (tertiary alicyclic amines) is 1. The molecule has 36 heavy (non-hydrogen) atoms. The second-order valence-electron chi connectivity index (χ2n) is 10.7. The van der Waals surface area contributed by atoms with E-state index in [0.717, 1.165) is 54.0 Å². The Balaban J connectivity index is 1.32. The Morgan fingerprint density at radius 1 is 1.17 bits per heavy atom. The van der Waals surface area contributed by atoms with Crippen LogP contribution in [0.15, 0.2) is 36.5 Å². The van der Waals surface area contributed by atoms with Crippen LogP contribution >= 0.6 is 0 Å². The molecule has 2 atom stereocenters. The van der Waals surface area contributed by atoms with Gasteiger partial charge in [-0.2, -0.15) is 5.10 Å². The fourth-order valence-electron chi connectivity index (χ4n) is 5.88. The minimum absolute atomic E-state index is 0.0998. The van der Waals surface area contributed by atoms with Gasteiger partial charge < -0.3 is 9.47 Å². The highest BCUT2D eigenvalue weighted by Gasteiger charge is 2.48. The van der Waals surface area contributed by atoms with Crippen LogP contribution in [0.25, 0.3) is 10.9 Å². The van der Waals surface area contributed by atoms with E-state index >= 15 is 4.39 Å². The first-order valence-corrected chi connectivity index (χ1v) is 13.0. The monoisotopic (exact) mass is 496 g/mol. The van der Waals surface area contributed by atoms with Gasteiger partial charge in [0.05, 0.1) is 31.5 Å². The van der Waals surface area contributed by atoms with Gasteiger partial charge in [0.2, 0.25) is 0 Å². The van der Waals surface area contributed by atoms with Crippen LogP contribution in [0.3, 0.4) is 0 Å². The summed E-state index contributed by atoms with van der Waals surface area (Å²) in [5.74, 6) is 1.50. The number of nitrogens with zero attached hydrogens (tertiary/aromatic N) is 3. The Morgan fingerprint density at radius 2 is 1.97 bits per heavy atom. The smallest absolute Gasteiger partial charge is 0.127 e. The highest BCUT2D eigenvalue weighted by Crippen LogP contribution is 2.48. The van der Waals surface area contributed by atoms with Crippen LogP contribution in [0, 0.1) is 0 Å². The molecular formula is C28H34F2N4O2. The number of aromatic nitrogens is 2. The van der Waals surface area contributed by atoms with Gasteiger partial charge >= 0.3 is 0 Å². The standard InChI is InChI=1S/C28H34F2N4O2/c1-18-12-23-21(6-7-25-24(23)14-31-32-25)27(34(18)17-28(30)8-9-28)22-5-4-19(13-26(22)35-2)36-20-15-33(16-20)11-3-10-29/h4-7,13-14,18,20,27H,3,8-12,15-17H2,1-2H3,(H,31,32)/t18-,27?/m1/s1. The average Bonchev–Trinajstić information content (AvgIpc) is 3.37. The van der Waals surface area contributed by atoms with Crippen molar-refractivity contribution < 1.29 is 18.3 Å². The molecule has 1 unspecified atom stereocenters. The largest absolute Gasteiger partial charge is 0.496 e. The first kappa shape index (κ1) is 23.7. The Bertz CT molecular complexity index is 1240. The number of fused-ring (bicyclic) bond motifs is 3. The van der Waals surface area contributed by atoms with E-state index in [1.165, 1.54) is 11.1 Å². The zero-order valence-electron chi connectivity index (χ0n) is 21.0. The van der Waals surface area contributed by atoms with E-state index in [1.54, 1.807) is 7.11 Å². The van der Waals surface area contributed by atoms with Gasteiger partial charge in [-0.15, -0.1) is 0 Å². The lowest BCUT2D eigenvalue weighted by Crippen LogP contribution is -2.53. The third-order valence-electron chi connectivity index (χ3n) is 8.06. The van der Waals surface area contributed by atoms with Crippen LogP contribution in [0.2, 0.25) is 0 Å². The van der Waals surface area contributed by atoms with Crippen LogP contribution in [0.1, 0.15) is 48.9 Å². The van der Waals surface area contributed by atoms with Crippen LogP contribution in [0.4, 0.5) is 8.78 Å². The van der Waals surface area contributed by atoms with Gasteiger partial charge in [-0.25, -0.2) is 4.39 Å². The Morgan fingerprint density at radius 3 is 2.72 bits per heavy atom. The zero-order chi connectivity index (χ0) is 24.9. The third kappa shape index (κ3) is 4.34. The summed E-state index contributed by atoms with van der Waals surface area (Å²) in [7, 11) is 1.68. The predicted octanol–water partition coefficient (Wildman–Crippen LogP) is 4.83. The third-order valence-corrected chi connectivity index (χ3v) is 8.06. The van der Waals surface area contributed by atoms with Crippen molar-refractivity contribution in [1.29, 1.82) is 0 Å². The zero-order valence-corrected chi connectivity index (χ0v) is 21.0. The number of nitrogens with one attached hydrogen (secondary N) is 1. The minimum atomic E-state index is -1.10. The van der Waals surface area contributed by atoms with E-state index in [1.807, 2.05) is 18.3 Å². The van der Waals surface area contributed by atoms with Crippen molar-refractivity contribution in [3.63, 3.8) is 0 Å². The molecule has 2 fully saturated rings. The van der Waals surface area contributed by atoms with E-state index in [9.17, 15) is 4.39 Å². The Hall–Kier alpha value is -2.71. The lowest BCUT2D eigenvalue weighted by molar-refractivity contribution is 0.0183. The number of methoxy groups -OCH3 is 1. The number of ether oxygens (including phenoxy) is 2. The van der Waals surface area contributed by atoms with E-state index in [0.29, 0.717) is 25.8 Å². The van der Waals surface area contributed by atoms with Crippen molar-refractivity contribution in [1.82, 2.24) is 20.0 Å². The van der Waals surface area contributed by atoms with Crippen LogP contribution in [-0.2, 0) is 6.42 Å². The van der Waals surface area contributed by atoms with Gasteiger partial charge in [0.1, 0.15) is 23.3 Å². The highest BCUT2D eigenvalue weighted by molar-refractivity contribution is 5.83. The van der Waals surface area contributed by atoms with Crippen molar-refractivity contribution in [2.24, 2.45) is 0 Å². The molecule has 1 aliphatic carbocycles. The molecule has 2 aromatic carbocycles. The molecule has 1 saturated heterocycles. The topological polar surface area (TPSA) is 53.6 Å². The van der Waals surface area contributed by atoms with Crippen LogP contribution < -0.4 is 9.47 Å². The quantitative estimate of drug-likeness (QED) is 0.460. The molecule has 8 heteroatoms. The molecule has 3 aliphatic rings. The number of aromatic amines is 1. The molecule has 0 bridgehead atoms. The molecule has 0 radical (unpaired) electrons. The predicted molar refractivity (Wildman–Crippen MR) is 135 cm³/mol. The molecule has 1 saturated carbocycles. The molecule has 6 rings (SSSR count). The molecule has 2 aliphatic heterocycles. The molecule has 0 spiro atoms. The maximum Gasteiger partial charge on any atom is 0.127 e. The lowest BCUT2D eigenvalue weighted by atomic mass is 9.83. The fourth-order valence-corrected chi connectivity index (χ4v) is 5.88. The number of hydrogen-bond acceptors (Lipinski definition) is 5. The number of benzene rings is 2. The van der Waals surface area contributed by atoms with Gasteiger partial charge in [0, 0.05) is 49.2 Å². The molecule has 6 nitrogen and oxygen atoms in total. The van der Waals surface area contributed by atoms with E-state index in [-0.39, 0.29) is 24.9 Å². The van der Waals surface area contributed by atoms with Crippen molar-refractivity contribution in [3.05, 3.63) is 53.2 Å². The normalized spacial score (nSPS) is 23.9. The summed E-state index contributed by atoms with van der Waals surface area (Å²) in [4.78, 5) is 4.52. The van der Waals surface area contributed by atoms with E-state index < -0.39 is 5.67 Å². The summed E-state index contributed by atoms with van der Waals surface area (Å²) in [5.41, 5.74) is 3.39. The van der Waals surface area contributed by atoms with E-state index in [2.05, 4.69) is 45.1 Å². The summed E-state index contributed by atoms with van der Waals surface area (Å²) in [5, 5.41) is 8.48. The van der Waals surface area contributed by atoms with Crippen molar-refractivity contribution in [2.75, 3.05) is 40.0 Å². The molecule has 1 aromatic heterocycles. The molecule has 3 aromatic rings. The first-order valence-electron chi connectivity index (χ1n) is 13.0. The van der Waals surface area contributed by atoms with E-state index in [4.69, 9.17) is 9.47 Å². The Kier molecular flexibility index (Phi) is 6.12. The van der Waals surface area contributed by atoms with Crippen LogP contribution in [-0.4, -0.2) is 77.8 Å². The van der Waals surface area contributed by atoms with Gasteiger partial charge in [-0.05, 0) is 61.9 Å².